The second-order valence-electron chi connectivity index (χ2n) is 5.07. The van der Waals surface area contributed by atoms with Gasteiger partial charge >= 0.3 is 6.03 Å². The number of nitrogens with zero attached hydrogens (tertiary/aromatic N) is 1. The molecule has 0 aliphatic carbocycles. The zero-order valence-corrected chi connectivity index (χ0v) is 12.3. The summed E-state index contributed by atoms with van der Waals surface area (Å²) in [6, 6.07) is 7.47. The maximum atomic E-state index is 10.9. The number of amides is 2. The number of benzene rings is 1. The first kappa shape index (κ1) is 15.0. The molecule has 0 fully saturated rings. The zero-order valence-electron chi connectivity index (χ0n) is 12.3. The molecule has 5 nitrogen and oxygen atoms in total. The number of nitrogens with one attached hydrogen (secondary N) is 1. The van der Waals surface area contributed by atoms with Gasteiger partial charge in [-0.1, -0.05) is 31.6 Å². The van der Waals surface area contributed by atoms with Crippen molar-refractivity contribution in [3.05, 3.63) is 48.2 Å². The van der Waals surface area contributed by atoms with Crippen LogP contribution in [0.2, 0.25) is 0 Å². The lowest BCUT2D eigenvalue weighted by molar-refractivity contribution is 0.249. The second kappa shape index (κ2) is 6.83. The summed E-state index contributed by atoms with van der Waals surface area (Å²) in [4.78, 5) is 13.1. The molecule has 0 spiro atoms. The Morgan fingerprint density at radius 1 is 1.38 bits per heavy atom. The van der Waals surface area contributed by atoms with Crippen molar-refractivity contribution in [1.29, 1.82) is 0 Å². The molecule has 1 heterocycles. The number of primary amides is 1. The summed E-state index contributed by atoms with van der Waals surface area (Å²) in [5.74, 6) is 0. The van der Waals surface area contributed by atoms with Gasteiger partial charge in [0.05, 0.1) is 17.4 Å². The topological polar surface area (TPSA) is 84.4 Å². The summed E-state index contributed by atoms with van der Waals surface area (Å²) in [6.45, 7) is 2.59. The first-order valence-corrected chi connectivity index (χ1v) is 7.17. The van der Waals surface area contributed by atoms with Crippen LogP contribution in [0.1, 0.15) is 19.8 Å². The smallest absolute Gasteiger partial charge is 0.312 e. The zero-order chi connectivity index (χ0) is 15.2. The predicted octanol–water partition coefficient (Wildman–Crippen LogP) is 2.37. The van der Waals surface area contributed by atoms with Gasteiger partial charge in [0.15, 0.2) is 0 Å². The van der Waals surface area contributed by atoms with Crippen LogP contribution in [0.25, 0.3) is 0 Å². The van der Waals surface area contributed by atoms with Crippen molar-refractivity contribution >= 4 is 17.4 Å². The maximum Gasteiger partial charge on any atom is 0.312 e. The normalized spacial score (nSPS) is 17.5. The SMILES string of the molecule is CCCC1C(CNC(N)=O)=CC=CN1c1ccccc1N. The Kier molecular flexibility index (Phi) is 4.87. The first-order valence-electron chi connectivity index (χ1n) is 7.17. The van der Waals surface area contributed by atoms with Crippen molar-refractivity contribution in [3.63, 3.8) is 0 Å². The van der Waals surface area contributed by atoms with Crippen LogP contribution in [0.5, 0.6) is 0 Å². The molecule has 1 unspecified atom stereocenters. The molecule has 2 amide bonds. The predicted molar refractivity (Wildman–Crippen MR) is 86.8 cm³/mol. The number of anilines is 2. The maximum absolute atomic E-state index is 10.9. The first-order chi connectivity index (χ1) is 10.1. The number of hydrogen-bond donors (Lipinski definition) is 3. The van der Waals surface area contributed by atoms with E-state index in [4.69, 9.17) is 11.5 Å². The highest BCUT2D eigenvalue weighted by Gasteiger charge is 2.23. The van der Waals surface area contributed by atoms with E-state index in [0.717, 1.165) is 29.8 Å². The van der Waals surface area contributed by atoms with E-state index in [2.05, 4.69) is 17.1 Å². The third-order valence-electron chi connectivity index (χ3n) is 3.56. The van der Waals surface area contributed by atoms with E-state index in [1.807, 2.05) is 42.6 Å². The molecule has 1 aromatic rings. The van der Waals surface area contributed by atoms with Crippen molar-refractivity contribution in [3.8, 4) is 0 Å². The molecule has 5 N–H and O–H groups in total. The Hall–Kier alpha value is -2.43. The Morgan fingerprint density at radius 3 is 2.81 bits per heavy atom. The van der Waals surface area contributed by atoms with Gasteiger partial charge in [-0.05, 0) is 30.2 Å². The van der Waals surface area contributed by atoms with Crippen molar-refractivity contribution in [2.45, 2.75) is 25.8 Å². The molecule has 0 radical (unpaired) electrons. The van der Waals surface area contributed by atoms with Gasteiger partial charge in [0, 0.05) is 12.7 Å². The van der Waals surface area contributed by atoms with Crippen LogP contribution in [-0.4, -0.2) is 18.6 Å². The summed E-state index contributed by atoms with van der Waals surface area (Å²) < 4.78 is 0. The molecular weight excluding hydrogens is 264 g/mol. The highest BCUT2D eigenvalue weighted by molar-refractivity contribution is 5.73. The summed E-state index contributed by atoms with van der Waals surface area (Å²) in [7, 11) is 0. The lowest BCUT2D eigenvalue weighted by Crippen LogP contribution is -2.40. The molecular formula is C16H22N4O. The Labute approximate surface area is 125 Å². The molecule has 0 saturated heterocycles. The molecule has 0 saturated carbocycles. The second-order valence-corrected chi connectivity index (χ2v) is 5.07. The van der Waals surface area contributed by atoms with E-state index >= 15 is 0 Å². The number of carbonyl (C=O) groups excluding carboxylic acids is 1. The fraction of sp³-hybridized carbons (Fsp3) is 0.312. The van der Waals surface area contributed by atoms with Gasteiger partial charge in [0.25, 0.3) is 0 Å². The van der Waals surface area contributed by atoms with E-state index in [0.29, 0.717) is 6.54 Å². The van der Waals surface area contributed by atoms with Crippen LogP contribution < -0.4 is 21.7 Å². The van der Waals surface area contributed by atoms with E-state index in [1.54, 1.807) is 0 Å². The molecule has 112 valence electrons. The fourth-order valence-corrected chi connectivity index (χ4v) is 2.59. The Morgan fingerprint density at radius 2 is 2.14 bits per heavy atom. The van der Waals surface area contributed by atoms with Crippen LogP contribution in [0, 0.1) is 0 Å². The summed E-state index contributed by atoms with van der Waals surface area (Å²) in [5.41, 5.74) is 14.1. The lowest BCUT2D eigenvalue weighted by atomic mass is 9.97. The molecule has 5 heteroatoms. The van der Waals surface area contributed by atoms with Gasteiger partial charge in [0.1, 0.15) is 0 Å². The van der Waals surface area contributed by atoms with Crippen LogP contribution in [0.3, 0.4) is 0 Å². The fourth-order valence-electron chi connectivity index (χ4n) is 2.59. The number of allylic oxidation sites excluding steroid dienone is 2. The molecule has 21 heavy (non-hydrogen) atoms. The average molecular weight is 286 g/mol. The van der Waals surface area contributed by atoms with Gasteiger partial charge in [-0.15, -0.1) is 0 Å². The van der Waals surface area contributed by atoms with E-state index in [9.17, 15) is 4.79 Å². The van der Waals surface area contributed by atoms with Crippen LogP contribution in [0.15, 0.2) is 48.2 Å². The number of hydrogen-bond acceptors (Lipinski definition) is 3. The third kappa shape index (κ3) is 3.56. The highest BCUT2D eigenvalue weighted by atomic mass is 16.2. The monoisotopic (exact) mass is 286 g/mol. The van der Waals surface area contributed by atoms with Gasteiger partial charge in [-0.3, -0.25) is 0 Å². The molecule has 2 rings (SSSR count). The number of nitrogens with two attached hydrogens (primary N) is 2. The number of nitrogen functional groups attached to an aromatic ring is 1. The average Bonchev–Trinajstić information content (AvgIpc) is 2.47. The van der Waals surface area contributed by atoms with Gasteiger partial charge < -0.3 is 21.7 Å². The van der Waals surface area contributed by atoms with Gasteiger partial charge in [0.2, 0.25) is 0 Å². The van der Waals surface area contributed by atoms with Crippen molar-refractivity contribution < 1.29 is 4.79 Å². The minimum Gasteiger partial charge on any atom is -0.397 e. The standard InChI is InChI=1S/C16H22N4O/c1-2-6-14-12(11-19-16(18)21)7-5-10-20(14)15-9-4-3-8-13(15)17/h3-5,7-10,14H,2,6,11,17H2,1H3,(H3,18,19,21). The third-order valence-corrected chi connectivity index (χ3v) is 3.56. The Bertz CT molecular complexity index is 565. The van der Waals surface area contributed by atoms with Crippen molar-refractivity contribution in [1.82, 2.24) is 5.32 Å². The Balaban J connectivity index is 2.26. The molecule has 1 aliphatic heterocycles. The summed E-state index contributed by atoms with van der Waals surface area (Å²) >= 11 is 0. The van der Waals surface area contributed by atoms with Gasteiger partial charge in [-0.2, -0.15) is 0 Å². The minimum atomic E-state index is -0.508. The van der Waals surface area contributed by atoms with Crippen LogP contribution >= 0.6 is 0 Å². The summed E-state index contributed by atoms with van der Waals surface area (Å²) in [6.07, 6.45) is 8.04. The van der Waals surface area contributed by atoms with Crippen molar-refractivity contribution in [2.24, 2.45) is 5.73 Å². The van der Waals surface area contributed by atoms with E-state index < -0.39 is 6.03 Å². The van der Waals surface area contributed by atoms with E-state index in [1.165, 1.54) is 0 Å². The minimum absolute atomic E-state index is 0.177. The van der Waals surface area contributed by atoms with E-state index in [-0.39, 0.29) is 6.04 Å². The van der Waals surface area contributed by atoms with Gasteiger partial charge in [-0.25, -0.2) is 4.79 Å². The quantitative estimate of drug-likeness (QED) is 0.726. The summed E-state index contributed by atoms with van der Waals surface area (Å²) in [5, 5.41) is 2.67. The molecule has 1 aromatic carbocycles. The number of rotatable bonds is 5. The number of para-hydroxylation sites is 2. The molecule has 1 atom stereocenters. The number of urea groups is 1. The van der Waals surface area contributed by atoms with Crippen LogP contribution in [-0.2, 0) is 0 Å². The molecule has 0 aromatic heterocycles. The highest BCUT2D eigenvalue weighted by Crippen LogP contribution is 2.31. The number of carbonyl (C=O) groups is 1. The molecule has 1 aliphatic rings. The van der Waals surface area contributed by atoms with Crippen LogP contribution in [0.4, 0.5) is 16.2 Å². The lowest BCUT2D eigenvalue weighted by Gasteiger charge is -2.35. The van der Waals surface area contributed by atoms with Crippen molar-refractivity contribution in [2.75, 3.05) is 17.2 Å². The molecule has 0 bridgehead atoms. The largest absolute Gasteiger partial charge is 0.397 e.